The van der Waals surface area contributed by atoms with Crippen LogP contribution in [-0.2, 0) is 12.4 Å². The van der Waals surface area contributed by atoms with Crippen molar-refractivity contribution in [2.24, 2.45) is 5.92 Å². The standard InChI is InChI=1S/C27H31BF6N2O2Si2/c1-7-15(2)21-13-16-9-8-10-20(17-11-18(26(29,30)31)14-19(12-17)27(32,33)34)22(16)23(21)35-24(37)39(3,4)28-36-25(38)40(28,5)6/h8-15,23H,7H2,1-6H3,(H,35,37)(H,36,38). The molecule has 0 spiro atoms. The van der Waals surface area contributed by atoms with Crippen molar-refractivity contribution in [2.45, 2.75) is 64.9 Å². The predicted octanol–water partition coefficient (Wildman–Crippen LogP) is 8.04. The van der Waals surface area contributed by atoms with E-state index >= 15 is 0 Å². The van der Waals surface area contributed by atoms with E-state index in [4.69, 9.17) is 0 Å². The second-order valence-corrected chi connectivity index (χ2v) is 21.3. The number of rotatable bonds is 6. The van der Waals surface area contributed by atoms with Crippen molar-refractivity contribution < 1.29 is 35.9 Å². The number of carbonyl (C=O) groups excluding carboxylic acids is 2. The normalized spacial score (nSPS) is 19.4. The summed E-state index contributed by atoms with van der Waals surface area (Å²) in [6.07, 6.45) is -7.39. The van der Waals surface area contributed by atoms with E-state index in [1.165, 1.54) is 6.07 Å². The number of fused-ring (bicyclic) bond motifs is 1. The molecule has 0 aromatic heterocycles. The molecule has 40 heavy (non-hydrogen) atoms. The summed E-state index contributed by atoms with van der Waals surface area (Å²) in [5.41, 5.74) is -1.12. The van der Waals surface area contributed by atoms with Gasteiger partial charge in [-0.2, -0.15) is 26.3 Å². The molecule has 0 bridgehead atoms. The van der Waals surface area contributed by atoms with E-state index in [0.29, 0.717) is 17.5 Å². The molecule has 1 saturated heterocycles. The molecule has 2 N–H and O–H groups in total. The monoisotopic (exact) mass is 596 g/mol. The van der Waals surface area contributed by atoms with Gasteiger partial charge < -0.3 is 10.5 Å². The Labute approximate surface area is 231 Å². The SMILES string of the molecule is CCC(C)C1=Cc2cccc(-c3cc(C(F)(F)F)cc(C(F)(F)F)c3)c2C1NC(=O)[Si](C)(C)B1NC(=O)[Si]1(C)C. The Bertz CT molecular complexity index is 1370. The highest BCUT2D eigenvalue weighted by molar-refractivity contribution is 7.75. The smallest absolute Gasteiger partial charge is 0.408 e. The van der Waals surface area contributed by atoms with Crippen molar-refractivity contribution in [1.82, 2.24) is 10.5 Å². The first kappa shape index (κ1) is 30.2. The molecule has 2 aliphatic rings. The minimum Gasteiger partial charge on any atom is -0.408 e. The van der Waals surface area contributed by atoms with Crippen molar-refractivity contribution in [1.29, 1.82) is 0 Å². The molecule has 2 aromatic carbocycles. The van der Waals surface area contributed by atoms with Crippen LogP contribution in [0.1, 0.15) is 48.6 Å². The quantitative estimate of drug-likeness (QED) is 0.262. The minimum atomic E-state index is -4.98. The average Bonchev–Trinajstić information content (AvgIpc) is 3.23. The van der Waals surface area contributed by atoms with Gasteiger partial charge in [-0.15, -0.1) is 0 Å². The van der Waals surface area contributed by atoms with Crippen LogP contribution < -0.4 is 10.5 Å². The molecule has 2 unspecified atom stereocenters. The lowest BCUT2D eigenvalue weighted by Crippen LogP contribution is -2.87. The van der Waals surface area contributed by atoms with Crippen LogP contribution in [-0.4, -0.2) is 33.0 Å². The van der Waals surface area contributed by atoms with Gasteiger partial charge in [0.2, 0.25) is 0 Å². The van der Waals surface area contributed by atoms with E-state index < -0.39 is 45.4 Å². The van der Waals surface area contributed by atoms with Crippen LogP contribution in [0, 0.1) is 5.92 Å². The number of halogens is 6. The van der Waals surface area contributed by atoms with Crippen LogP contribution in [0.25, 0.3) is 17.2 Å². The molecule has 2 atom stereocenters. The lowest BCUT2D eigenvalue weighted by molar-refractivity contribution is -0.143. The Kier molecular flexibility index (Phi) is 7.49. The number of hydrogen-bond donors (Lipinski definition) is 2. The first-order valence-electron chi connectivity index (χ1n) is 13.1. The largest absolute Gasteiger partial charge is 0.416 e. The van der Waals surface area contributed by atoms with Crippen LogP contribution in [0.15, 0.2) is 42.0 Å². The second kappa shape index (κ2) is 9.93. The molecular weight excluding hydrogens is 565 g/mol. The van der Waals surface area contributed by atoms with E-state index in [-0.39, 0.29) is 40.2 Å². The zero-order valence-electron chi connectivity index (χ0n) is 23.1. The number of amides is 2. The number of benzene rings is 2. The molecule has 0 saturated carbocycles. The highest BCUT2D eigenvalue weighted by atomic mass is 28.4. The number of alkyl halides is 6. The summed E-state index contributed by atoms with van der Waals surface area (Å²) in [7, 11) is -5.12. The molecule has 1 aliphatic carbocycles. The Balaban J connectivity index is 1.84. The van der Waals surface area contributed by atoms with Crippen LogP contribution in [0.3, 0.4) is 0 Å². The molecule has 4 rings (SSSR count). The van der Waals surface area contributed by atoms with Gasteiger partial charge in [-0.05, 0) is 58.4 Å². The molecule has 2 amide bonds. The first-order chi connectivity index (χ1) is 18.3. The fourth-order valence-electron chi connectivity index (χ4n) is 5.72. The van der Waals surface area contributed by atoms with Crippen molar-refractivity contribution >= 4 is 39.1 Å². The van der Waals surface area contributed by atoms with E-state index in [1.54, 1.807) is 12.1 Å². The van der Waals surface area contributed by atoms with E-state index in [0.717, 1.165) is 17.7 Å². The molecule has 1 heterocycles. The highest BCUT2D eigenvalue weighted by Gasteiger charge is 2.63. The zero-order valence-corrected chi connectivity index (χ0v) is 25.1. The van der Waals surface area contributed by atoms with Gasteiger partial charge in [0.1, 0.15) is 15.9 Å². The Morgan fingerprint density at radius 2 is 1.65 bits per heavy atom. The molecular formula is C27H31BF6N2O2Si2. The highest BCUT2D eigenvalue weighted by Crippen LogP contribution is 2.46. The van der Waals surface area contributed by atoms with Crippen molar-refractivity contribution in [3.8, 4) is 11.1 Å². The Morgan fingerprint density at radius 3 is 2.12 bits per heavy atom. The molecule has 0 radical (unpaired) electrons. The van der Waals surface area contributed by atoms with Gasteiger partial charge in [-0.1, -0.05) is 64.3 Å². The summed E-state index contributed by atoms with van der Waals surface area (Å²) in [4.78, 5) is 26.0. The van der Waals surface area contributed by atoms with E-state index in [9.17, 15) is 35.9 Å². The third-order valence-corrected chi connectivity index (χ3v) is 18.5. The van der Waals surface area contributed by atoms with E-state index in [1.807, 2.05) is 46.1 Å². The number of nitrogens with one attached hydrogen (secondary N) is 2. The summed E-state index contributed by atoms with van der Waals surface area (Å²) in [5.74, 6) is -0.0169. The summed E-state index contributed by atoms with van der Waals surface area (Å²) < 4.78 is 82.0. The maximum atomic E-state index is 13.8. The Hall–Kier alpha value is -2.80. The molecule has 1 fully saturated rings. The number of carbonyl (C=O) groups is 2. The minimum absolute atomic E-state index is 0.00965. The van der Waals surface area contributed by atoms with Crippen LogP contribution >= 0.6 is 0 Å². The van der Waals surface area contributed by atoms with Crippen LogP contribution in [0.5, 0.6) is 0 Å². The molecule has 13 heteroatoms. The predicted molar refractivity (Wildman–Crippen MR) is 150 cm³/mol. The van der Waals surface area contributed by atoms with E-state index in [2.05, 4.69) is 10.5 Å². The fraction of sp³-hybridized carbons (Fsp3) is 0.407. The van der Waals surface area contributed by atoms with Gasteiger partial charge in [0, 0.05) is 0 Å². The summed E-state index contributed by atoms with van der Waals surface area (Å²) in [5, 5.41) is 6.04. The average molecular weight is 597 g/mol. The fourth-order valence-corrected chi connectivity index (χ4v) is 16.2. The van der Waals surface area contributed by atoms with Gasteiger partial charge in [-0.25, -0.2) is 0 Å². The summed E-state index contributed by atoms with van der Waals surface area (Å²) in [6, 6.07) is 5.46. The summed E-state index contributed by atoms with van der Waals surface area (Å²) in [6.45, 7) is 11.5. The van der Waals surface area contributed by atoms with Gasteiger partial charge in [0.25, 0.3) is 6.03 Å². The maximum Gasteiger partial charge on any atom is 0.416 e. The first-order valence-corrected chi connectivity index (χ1v) is 19.2. The summed E-state index contributed by atoms with van der Waals surface area (Å²) >= 11 is 0. The molecule has 4 nitrogen and oxygen atoms in total. The van der Waals surface area contributed by atoms with Gasteiger partial charge >= 0.3 is 12.4 Å². The lowest BCUT2D eigenvalue weighted by atomic mass is 9.88. The molecule has 214 valence electrons. The Morgan fingerprint density at radius 1 is 1.07 bits per heavy atom. The van der Waals surface area contributed by atoms with Crippen molar-refractivity contribution in [2.75, 3.05) is 0 Å². The lowest BCUT2D eigenvalue weighted by Gasteiger charge is -2.46. The molecule has 1 aliphatic heterocycles. The molecule has 2 aromatic rings. The second-order valence-electron chi connectivity index (χ2n) is 11.8. The number of hydrogen-bond acceptors (Lipinski definition) is 2. The van der Waals surface area contributed by atoms with Gasteiger partial charge in [0.15, 0.2) is 11.1 Å². The maximum absolute atomic E-state index is 13.8. The van der Waals surface area contributed by atoms with Crippen LogP contribution in [0.2, 0.25) is 26.2 Å². The van der Waals surface area contributed by atoms with Crippen LogP contribution in [0.4, 0.5) is 35.9 Å². The topological polar surface area (TPSA) is 58.2 Å². The van der Waals surface area contributed by atoms with Crippen molar-refractivity contribution in [3.63, 3.8) is 0 Å². The van der Waals surface area contributed by atoms with Crippen molar-refractivity contribution in [3.05, 3.63) is 64.2 Å². The third-order valence-electron chi connectivity index (χ3n) is 8.33. The van der Waals surface area contributed by atoms with Gasteiger partial charge in [-0.3, -0.25) is 9.59 Å². The third kappa shape index (κ3) is 5.17. The van der Waals surface area contributed by atoms with Gasteiger partial charge in [0.05, 0.1) is 17.2 Å². The zero-order chi connectivity index (χ0) is 30.0.